The molecule has 3 aromatic carbocycles. The zero-order chi connectivity index (χ0) is 25.5. The Balaban J connectivity index is 1.63. The minimum Gasteiger partial charge on any atom is -0.480 e. The van der Waals surface area contributed by atoms with Crippen LogP contribution in [0.3, 0.4) is 0 Å². The molecule has 35 heavy (non-hydrogen) atoms. The van der Waals surface area contributed by atoms with Crippen LogP contribution in [0.2, 0.25) is 0 Å². The fraction of sp³-hybridized carbons (Fsp3) is 0.240. The number of amides is 2. The summed E-state index contributed by atoms with van der Waals surface area (Å²) in [5.41, 5.74) is 0.863. The first-order valence-corrected chi connectivity index (χ1v) is 11.0. The van der Waals surface area contributed by atoms with Gasteiger partial charge >= 0.3 is 5.97 Å². The highest BCUT2D eigenvalue weighted by Gasteiger charge is 2.26. The van der Waals surface area contributed by atoms with Crippen molar-refractivity contribution in [2.45, 2.75) is 32.7 Å². The van der Waals surface area contributed by atoms with E-state index in [2.05, 4.69) is 21.3 Å². The standard InChI is InChI=1S/C25H26N4O6/c1-3-12-26-20-21(23(32)22(20)31)29-19(25(34)35)13-15-4-8-18(9-5-15)28-24(33)16-6-10-17(11-7-16)27-14(2)30/h4-11,19,26,29H,3,12-13H2,1-2H3,(H,27,30)(H,28,33)(H,34,35)/t19-/m0/s1. The molecule has 3 rings (SSSR count). The molecule has 0 heterocycles. The fourth-order valence-electron chi connectivity index (χ4n) is 3.39. The Bertz CT molecular complexity index is 1290. The number of benzene rings is 2. The molecule has 1 atom stereocenters. The van der Waals surface area contributed by atoms with Crippen molar-refractivity contribution in [1.29, 1.82) is 0 Å². The van der Waals surface area contributed by atoms with Gasteiger partial charge in [-0.25, -0.2) is 4.79 Å². The Hall–Kier alpha value is -4.47. The number of hydrogen-bond donors (Lipinski definition) is 5. The van der Waals surface area contributed by atoms with Gasteiger partial charge in [0.05, 0.1) is 0 Å². The molecule has 0 saturated carbocycles. The number of carbonyl (C=O) groups is 3. The van der Waals surface area contributed by atoms with Gasteiger partial charge in [0.2, 0.25) is 5.91 Å². The second kappa shape index (κ2) is 11.1. The van der Waals surface area contributed by atoms with Crippen LogP contribution in [-0.4, -0.2) is 35.5 Å². The minimum atomic E-state index is -1.17. The SMILES string of the molecule is CCCNc1c(N[C@@H](Cc2ccc(NC(=O)c3ccc(NC(C)=O)cc3)cc2)C(=O)O)c(=O)c1=O. The fourth-order valence-corrected chi connectivity index (χ4v) is 3.39. The van der Waals surface area contributed by atoms with E-state index in [1.165, 1.54) is 6.92 Å². The molecule has 0 aliphatic carbocycles. The average Bonchev–Trinajstić information content (AvgIpc) is 2.83. The van der Waals surface area contributed by atoms with Gasteiger partial charge in [0.1, 0.15) is 17.4 Å². The Kier molecular flexibility index (Phi) is 7.98. The third-order valence-electron chi connectivity index (χ3n) is 5.20. The number of hydrogen-bond acceptors (Lipinski definition) is 7. The van der Waals surface area contributed by atoms with Gasteiger partial charge < -0.3 is 26.4 Å². The van der Waals surface area contributed by atoms with Gasteiger partial charge in [0.25, 0.3) is 16.8 Å². The zero-order valence-electron chi connectivity index (χ0n) is 19.3. The average molecular weight is 479 g/mol. The van der Waals surface area contributed by atoms with E-state index in [9.17, 15) is 29.1 Å². The summed E-state index contributed by atoms with van der Waals surface area (Å²) in [6, 6.07) is 11.9. The Morgan fingerprint density at radius 1 is 0.857 bits per heavy atom. The molecule has 0 radical (unpaired) electrons. The first kappa shape index (κ1) is 25.2. The molecule has 0 saturated heterocycles. The van der Waals surface area contributed by atoms with Crippen LogP contribution in [0.15, 0.2) is 58.1 Å². The third kappa shape index (κ3) is 6.32. The summed E-state index contributed by atoms with van der Waals surface area (Å²) in [6.07, 6.45) is 0.798. The van der Waals surface area contributed by atoms with Crippen molar-refractivity contribution in [3.63, 3.8) is 0 Å². The number of aliphatic carboxylic acids is 1. The van der Waals surface area contributed by atoms with E-state index in [0.717, 1.165) is 6.42 Å². The second-order valence-corrected chi connectivity index (χ2v) is 7.98. The van der Waals surface area contributed by atoms with Crippen LogP contribution in [0.4, 0.5) is 22.7 Å². The summed E-state index contributed by atoms with van der Waals surface area (Å²) in [7, 11) is 0. The summed E-state index contributed by atoms with van der Waals surface area (Å²) < 4.78 is 0. The van der Waals surface area contributed by atoms with E-state index in [4.69, 9.17) is 0 Å². The van der Waals surface area contributed by atoms with Gasteiger partial charge in [-0.05, 0) is 48.4 Å². The smallest absolute Gasteiger partial charge is 0.326 e. The number of carboxylic acids is 1. The maximum Gasteiger partial charge on any atom is 0.326 e. The summed E-state index contributed by atoms with van der Waals surface area (Å²) in [4.78, 5) is 59.0. The monoisotopic (exact) mass is 478 g/mol. The maximum absolute atomic E-state index is 12.5. The molecule has 0 unspecified atom stereocenters. The Morgan fingerprint density at radius 3 is 2.00 bits per heavy atom. The molecule has 10 heteroatoms. The third-order valence-corrected chi connectivity index (χ3v) is 5.20. The van der Waals surface area contributed by atoms with Crippen LogP contribution >= 0.6 is 0 Å². The van der Waals surface area contributed by atoms with Gasteiger partial charge in [0.15, 0.2) is 0 Å². The number of rotatable bonds is 11. The second-order valence-electron chi connectivity index (χ2n) is 7.98. The predicted octanol–water partition coefficient (Wildman–Crippen LogP) is 2.42. The largest absolute Gasteiger partial charge is 0.480 e. The molecule has 182 valence electrons. The summed E-state index contributed by atoms with van der Waals surface area (Å²) in [5.74, 6) is -1.72. The maximum atomic E-state index is 12.5. The molecule has 3 aromatic rings. The van der Waals surface area contributed by atoms with Gasteiger partial charge in [-0.2, -0.15) is 0 Å². The highest BCUT2D eigenvalue weighted by Crippen LogP contribution is 2.19. The minimum absolute atomic E-state index is 0.00995. The summed E-state index contributed by atoms with van der Waals surface area (Å²) >= 11 is 0. The molecule has 5 N–H and O–H groups in total. The molecule has 2 amide bonds. The van der Waals surface area contributed by atoms with Crippen LogP contribution < -0.4 is 32.1 Å². The molecule has 0 aliphatic heterocycles. The molecule has 0 aromatic heterocycles. The molecule has 0 spiro atoms. The lowest BCUT2D eigenvalue weighted by atomic mass is 10.0. The van der Waals surface area contributed by atoms with E-state index < -0.39 is 22.9 Å². The molecule has 0 bridgehead atoms. The van der Waals surface area contributed by atoms with Gasteiger partial charge in [0, 0.05) is 36.8 Å². The summed E-state index contributed by atoms with van der Waals surface area (Å²) in [6.45, 7) is 3.79. The molecule has 0 fully saturated rings. The summed E-state index contributed by atoms with van der Waals surface area (Å²) in [5, 5.41) is 20.5. The van der Waals surface area contributed by atoms with Gasteiger partial charge in [-0.3, -0.25) is 19.2 Å². The number of carbonyl (C=O) groups excluding carboxylic acids is 2. The van der Waals surface area contributed by atoms with Crippen molar-refractivity contribution < 1.29 is 19.5 Å². The highest BCUT2D eigenvalue weighted by molar-refractivity contribution is 6.04. The van der Waals surface area contributed by atoms with Crippen molar-refractivity contribution in [2.75, 3.05) is 27.8 Å². The lowest BCUT2D eigenvalue weighted by Gasteiger charge is -2.20. The molecular formula is C25H26N4O6. The van der Waals surface area contributed by atoms with Crippen molar-refractivity contribution >= 4 is 40.5 Å². The molecule has 0 aliphatic rings. The van der Waals surface area contributed by atoms with Crippen LogP contribution in [-0.2, 0) is 16.0 Å². The van der Waals surface area contributed by atoms with E-state index in [-0.39, 0.29) is 29.6 Å². The Morgan fingerprint density at radius 2 is 1.43 bits per heavy atom. The van der Waals surface area contributed by atoms with Gasteiger partial charge in [-0.15, -0.1) is 0 Å². The van der Waals surface area contributed by atoms with Crippen LogP contribution in [0.1, 0.15) is 36.2 Å². The number of carboxylic acid groups (broad SMARTS) is 1. The first-order valence-electron chi connectivity index (χ1n) is 11.0. The van der Waals surface area contributed by atoms with Crippen molar-refractivity contribution in [3.8, 4) is 0 Å². The topological polar surface area (TPSA) is 154 Å². The van der Waals surface area contributed by atoms with Crippen LogP contribution in [0, 0.1) is 0 Å². The van der Waals surface area contributed by atoms with E-state index in [1.54, 1.807) is 48.5 Å². The van der Waals surface area contributed by atoms with Crippen LogP contribution in [0.5, 0.6) is 0 Å². The highest BCUT2D eigenvalue weighted by atomic mass is 16.4. The number of nitrogens with one attached hydrogen (secondary N) is 4. The normalized spacial score (nSPS) is 11.5. The first-order chi connectivity index (χ1) is 16.7. The number of anilines is 4. The van der Waals surface area contributed by atoms with Gasteiger partial charge in [-0.1, -0.05) is 19.1 Å². The lowest BCUT2D eigenvalue weighted by Crippen LogP contribution is -2.42. The predicted molar refractivity (Wildman–Crippen MR) is 134 cm³/mol. The quantitative estimate of drug-likeness (QED) is 0.263. The van der Waals surface area contributed by atoms with E-state index in [0.29, 0.717) is 29.0 Å². The lowest BCUT2D eigenvalue weighted by molar-refractivity contribution is -0.137. The molecule has 10 nitrogen and oxygen atoms in total. The van der Waals surface area contributed by atoms with E-state index >= 15 is 0 Å². The van der Waals surface area contributed by atoms with Crippen molar-refractivity contribution in [3.05, 3.63) is 80.1 Å². The van der Waals surface area contributed by atoms with E-state index in [1.807, 2.05) is 6.92 Å². The van der Waals surface area contributed by atoms with Crippen LogP contribution in [0.25, 0.3) is 0 Å². The Labute approximate surface area is 201 Å². The van der Waals surface area contributed by atoms with Crippen molar-refractivity contribution in [1.82, 2.24) is 0 Å². The molecular weight excluding hydrogens is 452 g/mol. The zero-order valence-corrected chi connectivity index (χ0v) is 19.3. The van der Waals surface area contributed by atoms with Crippen molar-refractivity contribution in [2.24, 2.45) is 0 Å².